The molecule has 0 aliphatic rings. The molecule has 4 aromatic rings. The van der Waals surface area contributed by atoms with Gasteiger partial charge in [0.25, 0.3) is 0 Å². The number of aryl methyl sites for hydroxylation is 1. The van der Waals surface area contributed by atoms with Crippen LogP contribution in [0.4, 0.5) is 0 Å². The summed E-state index contributed by atoms with van der Waals surface area (Å²) in [5.41, 5.74) is 4.47. The summed E-state index contributed by atoms with van der Waals surface area (Å²) >= 11 is 1.67. The molecule has 0 N–H and O–H groups in total. The van der Waals surface area contributed by atoms with Crippen LogP contribution in [0.2, 0.25) is 0 Å². The maximum atomic E-state index is 5.31. The van der Waals surface area contributed by atoms with Crippen molar-refractivity contribution >= 4 is 11.8 Å². The van der Waals surface area contributed by atoms with Crippen molar-refractivity contribution in [2.45, 2.75) is 17.8 Å². The molecule has 152 valence electrons. The van der Waals surface area contributed by atoms with Gasteiger partial charge >= 0.3 is 0 Å². The Kier molecular flexibility index (Phi) is 6.05. The van der Waals surface area contributed by atoms with Crippen molar-refractivity contribution in [2.24, 2.45) is 0 Å². The molecule has 0 aliphatic heterocycles. The first kappa shape index (κ1) is 20.0. The molecule has 6 heteroatoms. The highest BCUT2D eigenvalue weighted by atomic mass is 32.2. The minimum Gasteiger partial charge on any atom is -0.497 e. The third kappa shape index (κ3) is 4.33. The zero-order chi connectivity index (χ0) is 20.9. The van der Waals surface area contributed by atoms with Gasteiger partial charge in [-0.15, -0.1) is 10.2 Å². The lowest BCUT2D eigenvalue weighted by atomic mass is 10.2. The van der Waals surface area contributed by atoms with E-state index in [2.05, 4.69) is 46.0 Å². The third-order valence-corrected chi connectivity index (χ3v) is 5.76. The molecule has 0 atom stereocenters. The van der Waals surface area contributed by atoms with Crippen LogP contribution in [0.25, 0.3) is 17.1 Å². The molecular weight excluding hydrogens is 394 g/mol. The predicted molar refractivity (Wildman–Crippen MR) is 121 cm³/mol. The van der Waals surface area contributed by atoms with Gasteiger partial charge in [-0.3, -0.25) is 4.57 Å². The monoisotopic (exact) mass is 417 g/mol. The van der Waals surface area contributed by atoms with Crippen LogP contribution < -0.4 is 9.47 Å². The summed E-state index contributed by atoms with van der Waals surface area (Å²) in [6.45, 7) is 2.11. The van der Waals surface area contributed by atoms with E-state index >= 15 is 0 Å². The molecule has 0 fully saturated rings. The van der Waals surface area contributed by atoms with Crippen LogP contribution in [0.15, 0.2) is 78.0 Å². The van der Waals surface area contributed by atoms with Crippen molar-refractivity contribution in [3.05, 3.63) is 83.9 Å². The lowest BCUT2D eigenvalue weighted by Gasteiger charge is -2.11. The van der Waals surface area contributed by atoms with Crippen LogP contribution in [0, 0.1) is 6.92 Å². The van der Waals surface area contributed by atoms with E-state index in [0.29, 0.717) is 0 Å². The fourth-order valence-corrected chi connectivity index (χ4v) is 4.10. The molecule has 0 saturated carbocycles. The maximum absolute atomic E-state index is 5.31. The van der Waals surface area contributed by atoms with E-state index in [4.69, 9.17) is 9.47 Å². The highest BCUT2D eigenvalue weighted by molar-refractivity contribution is 7.98. The predicted octanol–water partition coefficient (Wildman–Crippen LogP) is 5.55. The van der Waals surface area contributed by atoms with Crippen molar-refractivity contribution in [2.75, 3.05) is 14.2 Å². The van der Waals surface area contributed by atoms with Gasteiger partial charge in [0.1, 0.15) is 11.5 Å². The molecule has 1 aromatic heterocycles. The zero-order valence-corrected chi connectivity index (χ0v) is 18.0. The highest BCUT2D eigenvalue weighted by Gasteiger charge is 2.16. The van der Waals surface area contributed by atoms with Crippen molar-refractivity contribution in [1.82, 2.24) is 14.8 Å². The van der Waals surface area contributed by atoms with E-state index in [-0.39, 0.29) is 0 Å². The number of ether oxygens (including phenoxy) is 2. The van der Waals surface area contributed by atoms with Crippen LogP contribution in [-0.2, 0) is 5.75 Å². The Morgan fingerprint density at radius 1 is 0.833 bits per heavy atom. The summed E-state index contributed by atoms with van der Waals surface area (Å²) in [7, 11) is 3.33. The second-order valence-electron chi connectivity index (χ2n) is 6.85. The average Bonchev–Trinajstić information content (AvgIpc) is 3.22. The maximum Gasteiger partial charge on any atom is 0.196 e. The number of aromatic nitrogens is 3. The highest BCUT2D eigenvalue weighted by Crippen LogP contribution is 2.31. The van der Waals surface area contributed by atoms with Gasteiger partial charge in [0, 0.05) is 17.0 Å². The summed E-state index contributed by atoms with van der Waals surface area (Å²) in [6, 6.07) is 24.3. The summed E-state index contributed by atoms with van der Waals surface area (Å²) in [4.78, 5) is 0. The van der Waals surface area contributed by atoms with Crippen LogP contribution >= 0.6 is 11.8 Å². The van der Waals surface area contributed by atoms with Crippen LogP contribution in [-0.4, -0.2) is 29.0 Å². The van der Waals surface area contributed by atoms with Crippen molar-refractivity contribution in [1.29, 1.82) is 0 Å². The topological polar surface area (TPSA) is 49.2 Å². The Hall–Kier alpha value is -3.25. The van der Waals surface area contributed by atoms with Gasteiger partial charge in [0.2, 0.25) is 0 Å². The SMILES string of the molecule is COc1ccc(-c2nnc(SCc3cccc(C)c3)n2-c2ccc(OC)cc2)cc1. The molecule has 4 rings (SSSR count). The molecular formula is C24H23N3O2S. The fourth-order valence-electron chi connectivity index (χ4n) is 3.20. The Morgan fingerprint density at radius 3 is 2.13 bits per heavy atom. The first-order valence-electron chi connectivity index (χ1n) is 9.60. The molecule has 0 bridgehead atoms. The Bertz CT molecular complexity index is 1120. The van der Waals surface area contributed by atoms with Gasteiger partial charge in [-0.05, 0) is 61.0 Å². The normalized spacial score (nSPS) is 10.8. The number of methoxy groups -OCH3 is 2. The second kappa shape index (κ2) is 9.05. The molecule has 30 heavy (non-hydrogen) atoms. The molecule has 0 radical (unpaired) electrons. The molecule has 1 heterocycles. The third-order valence-electron chi connectivity index (χ3n) is 4.76. The molecule has 0 amide bonds. The van der Waals surface area contributed by atoms with E-state index < -0.39 is 0 Å². The van der Waals surface area contributed by atoms with Gasteiger partial charge in [0.15, 0.2) is 11.0 Å². The molecule has 0 aliphatic carbocycles. The summed E-state index contributed by atoms with van der Waals surface area (Å²) in [6.07, 6.45) is 0. The van der Waals surface area contributed by atoms with Crippen molar-refractivity contribution < 1.29 is 9.47 Å². The minimum absolute atomic E-state index is 0.787. The minimum atomic E-state index is 0.787. The number of rotatable bonds is 7. The van der Waals surface area contributed by atoms with Crippen LogP contribution in [0.1, 0.15) is 11.1 Å². The number of nitrogens with zero attached hydrogens (tertiary/aromatic N) is 3. The van der Waals surface area contributed by atoms with E-state index in [1.165, 1.54) is 11.1 Å². The van der Waals surface area contributed by atoms with Crippen LogP contribution in [0.5, 0.6) is 11.5 Å². The number of hydrogen-bond donors (Lipinski definition) is 0. The molecule has 0 spiro atoms. The lowest BCUT2D eigenvalue weighted by Crippen LogP contribution is -2.00. The summed E-state index contributed by atoms with van der Waals surface area (Å²) < 4.78 is 12.7. The summed E-state index contributed by atoms with van der Waals surface area (Å²) in [5, 5.41) is 9.86. The van der Waals surface area contributed by atoms with E-state index in [9.17, 15) is 0 Å². The largest absolute Gasteiger partial charge is 0.497 e. The van der Waals surface area contributed by atoms with E-state index in [1.54, 1.807) is 26.0 Å². The van der Waals surface area contributed by atoms with E-state index in [1.807, 2.05) is 48.5 Å². The molecule has 0 saturated heterocycles. The van der Waals surface area contributed by atoms with Gasteiger partial charge in [-0.1, -0.05) is 41.6 Å². The molecule has 0 unspecified atom stereocenters. The van der Waals surface area contributed by atoms with Gasteiger partial charge in [-0.25, -0.2) is 0 Å². The standard InChI is InChI=1S/C24H23N3O2S/c1-17-5-4-6-18(15-17)16-30-24-26-25-23(19-7-11-21(28-2)12-8-19)27(24)20-9-13-22(29-3)14-10-20/h4-15H,16H2,1-3H3. The first-order chi connectivity index (χ1) is 14.7. The zero-order valence-electron chi connectivity index (χ0n) is 17.2. The first-order valence-corrected chi connectivity index (χ1v) is 10.6. The van der Waals surface area contributed by atoms with E-state index in [0.717, 1.165) is 39.5 Å². The number of hydrogen-bond acceptors (Lipinski definition) is 5. The number of thioether (sulfide) groups is 1. The van der Waals surface area contributed by atoms with Crippen LogP contribution in [0.3, 0.4) is 0 Å². The van der Waals surface area contributed by atoms with Gasteiger partial charge in [0.05, 0.1) is 14.2 Å². The number of benzene rings is 3. The molecule has 3 aromatic carbocycles. The Balaban J connectivity index is 1.72. The molecule has 5 nitrogen and oxygen atoms in total. The lowest BCUT2D eigenvalue weighted by molar-refractivity contribution is 0.414. The Labute approximate surface area is 180 Å². The average molecular weight is 418 g/mol. The van der Waals surface area contributed by atoms with Crippen molar-refractivity contribution in [3.63, 3.8) is 0 Å². The Morgan fingerprint density at radius 2 is 1.50 bits per heavy atom. The second-order valence-corrected chi connectivity index (χ2v) is 7.79. The fraction of sp³-hybridized carbons (Fsp3) is 0.167. The quantitative estimate of drug-likeness (QED) is 0.369. The summed E-state index contributed by atoms with van der Waals surface area (Å²) in [5.74, 6) is 3.23. The van der Waals surface area contributed by atoms with Gasteiger partial charge < -0.3 is 9.47 Å². The van der Waals surface area contributed by atoms with Crippen molar-refractivity contribution in [3.8, 4) is 28.6 Å². The van der Waals surface area contributed by atoms with Gasteiger partial charge in [-0.2, -0.15) is 0 Å². The smallest absolute Gasteiger partial charge is 0.196 e.